The number of nitrogens with one attached hydrogen (secondary N) is 1. The number of hydrogen-bond donors (Lipinski definition) is 2. The molecule has 1 fully saturated rings. The van der Waals surface area contributed by atoms with Crippen LogP contribution in [0, 0.1) is 6.92 Å². The minimum atomic E-state index is -1.14. The topological polar surface area (TPSA) is 128 Å². The molecule has 1 aromatic heterocycles. The molecule has 3 aromatic carbocycles. The Hall–Kier alpha value is -4.90. The van der Waals surface area contributed by atoms with Crippen LogP contribution in [0.25, 0.3) is 10.9 Å². The second-order valence-electron chi connectivity index (χ2n) is 13.3. The molecule has 1 saturated heterocycles. The second-order valence-corrected chi connectivity index (χ2v) is 13.3. The molecule has 48 heavy (non-hydrogen) atoms. The summed E-state index contributed by atoms with van der Waals surface area (Å²) >= 11 is 0. The van der Waals surface area contributed by atoms with Gasteiger partial charge in [-0.1, -0.05) is 42.5 Å². The number of amides is 2. The van der Waals surface area contributed by atoms with Gasteiger partial charge in [0.2, 0.25) is 5.91 Å². The zero-order chi connectivity index (χ0) is 34.4. The van der Waals surface area contributed by atoms with Gasteiger partial charge in [-0.15, -0.1) is 0 Å². The first-order chi connectivity index (χ1) is 22.9. The number of likely N-dealkylation sites (tertiary alicyclic amines) is 1. The van der Waals surface area contributed by atoms with Crippen LogP contribution in [0.5, 0.6) is 5.75 Å². The lowest BCUT2D eigenvalue weighted by Crippen LogP contribution is -2.45. The maximum atomic E-state index is 13.9. The largest absolute Gasteiger partial charge is 0.492 e. The molecule has 2 heterocycles. The highest BCUT2D eigenvalue weighted by Gasteiger charge is 2.30. The fraction of sp³-hybridized carbons (Fsp3) is 0.405. The van der Waals surface area contributed by atoms with Crippen molar-refractivity contribution in [2.75, 3.05) is 43.5 Å². The van der Waals surface area contributed by atoms with Gasteiger partial charge in [-0.05, 0) is 94.6 Å². The van der Waals surface area contributed by atoms with Gasteiger partial charge in [0.25, 0.3) is 6.01 Å². The third-order valence-electron chi connectivity index (χ3n) is 8.61. The first-order valence-electron chi connectivity index (χ1n) is 16.4. The molecule has 0 aliphatic carbocycles. The summed E-state index contributed by atoms with van der Waals surface area (Å²) in [6.07, 6.45) is 1.64. The van der Waals surface area contributed by atoms with Gasteiger partial charge in [-0.2, -0.15) is 4.98 Å². The van der Waals surface area contributed by atoms with Gasteiger partial charge < -0.3 is 24.5 Å². The van der Waals surface area contributed by atoms with Crippen molar-refractivity contribution in [1.29, 1.82) is 0 Å². The van der Waals surface area contributed by atoms with Gasteiger partial charge in [-0.3, -0.25) is 14.6 Å². The Morgan fingerprint density at radius 3 is 2.35 bits per heavy atom. The molecule has 11 heteroatoms. The standard InChI is InChI=1S/C37H45N5O6/c1-25-31(42(36(45)46)37(2,3)4)18-17-29-32(25)34(44)48-35(38-29)39-30(33(43)40(5)24-27-11-7-6-8-12-27)23-26-13-15-28(16-14-26)47-22-21-41-19-9-10-20-41/h6-8,11-18,30H,9-10,19-24H2,1-5H3,(H,38,39)(H,45,46)/t30-/m0/s1. The average molecular weight is 656 g/mol. The lowest BCUT2D eigenvalue weighted by Gasteiger charge is -2.34. The highest BCUT2D eigenvalue weighted by Crippen LogP contribution is 2.31. The second kappa shape index (κ2) is 14.9. The molecule has 1 aliphatic heterocycles. The fourth-order valence-electron chi connectivity index (χ4n) is 6.17. The highest BCUT2D eigenvalue weighted by molar-refractivity contribution is 5.95. The lowest BCUT2D eigenvalue weighted by molar-refractivity contribution is -0.131. The van der Waals surface area contributed by atoms with E-state index in [4.69, 9.17) is 9.15 Å². The summed E-state index contributed by atoms with van der Waals surface area (Å²) < 4.78 is 11.6. The Bertz CT molecular complexity index is 1780. The first-order valence-corrected chi connectivity index (χ1v) is 16.4. The number of hydrogen-bond acceptors (Lipinski definition) is 8. The zero-order valence-electron chi connectivity index (χ0n) is 28.4. The Kier molecular flexibility index (Phi) is 10.7. The molecule has 4 aromatic rings. The third kappa shape index (κ3) is 8.32. The van der Waals surface area contributed by atoms with E-state index in [1.54, 1.807) is 51.8 Å². The lowest BCUT2D eigenvalue weighted by atomic mass is 10.0. The molecule has 0 spiro atoms. The van der Waals surface area contributed by atoms with Crippen molar-refractivity contribution in [1.82, 2.24) is 14.8 Å². The summed E-state index contributed by atoms with van der Waals surface area (Å²) in [4.78, 5) is 49.2. The SMILES string of the molecule is Cc1c(N(C(=O)O)C(C)(C)C)ccc2nc(N[C@@H](Cc3ccc(OCCN4CCCC4)cc3)C(=O)N(C)Cc3ccccc3)oc(=O)c12. The minimum Gasteiger partial charge on any atom is -0.492 e. The molecule has 1 aliphatic rings. The number of carbonyl (C=O) groups excluding carboxylic acids is 1. The molecule has 2 N–H and O–H groups in total. The average Bonchev–Trinajstić information content (AvgIpc) is 3.55. The quantitative estimate of drug-likeness (QED) is 0.191. The first kappa shape index (κ1) is 34.4. The number of ether oxygens (including phenoxy) is 1. The molecule has 11 nitrogen and oxygen atoms in total. The van der Waals surface area contributed by atoms with Gasteiger partial charge >= 0.3 is 11.7 Å². The molecule has 0 saturated carbocycles. The predicted octanol–water partition coefficient (Wildman–Crippen LogP) is 5.94. The number of benzene rings is 3. The molecular formula is C37H45N5O6. The van der Waals surface area contributed by atoms with Crippen molar-refractivity contribution in [2.24, 2.45) is 0 Å². The molecule has 0 unspecified atom stereocenters. The number of nitrogens with zero attached hydrogens (tertiary/aromatic N) is 4. The summed E-state index contributed by atoms with van der Waals surface area (Å²) in [7, 11) is 1.74. The van der Waals surface area contributed by atoms with Crippen LogP contribution < -0.4 is 20.6 Å². The van der Waals surface area contributed by atoms with Gasteiger partial charge in [-0.25, -0.2) is 9.59 Å². The molecule has 0 radical (unpaired) electrons. The van der Waals surface area contributed by atoms with E-state index in [1.165, 1.54) is 17.7 Å². The van der Waals surface area contributed by atoms with E-state index >= 15 is 0 Å². The number of aryl methyl sites for hydroxylation is 1. The fourth-order valence-corrected chi connectivity index (χ4v) is 6.17. The summed E-state index contributed by atoms with van der Waals surface area (Å²) in [6, 6.07) is 19.7. The number of carbonyl (C=O) groups is 2. The number of anilines is 2. The van der Waals surface area contributed by atoms with Crippen LogP contribution >= 0.6 is 0 Å². The van der Waals surface area contributed by atoms with E-state index in [2.05, 4.69) is 15.2 Å². The van der Waals surface area contributed by atoms with Crippen LogP contribution in [-0.2, 0) is 17.8 Å². The van der Waals surface area contributed by atoms with E-state index in [1.807, 2.05) is 54.6 Å². The number of rotatable bonds is 12. The summed E-state index contributed by atoms with van der Waals surface area (Å²) in [5.41, 5.74) is 1.58. The Morgan fingerprint density at radius 1 is 1.02 bits per heavy atom. The van der Waals surface area contributed by atoms with Crippen molar-refractivity contribution in [3.8, 4) is 5.75 Å². The molecule has 1 atom stereocenters. The van der Waals surface area contributed by atoms with Crippen molar-refractivity contribution in [3.63, 3.8) is 0 Å². The Balaban J connectivity index is 1.39. The summed E-state index contributed by atoms with van der Waals surface area (Å²) in [5, 5.41) is 13.2. The maximum Gasteiger partial charge on any atom is 0.412 e. The van der Waals surface area contributed by atoms with Crippen LogP contribution in [0.4, 0.5) is 16.5 Å². The van der Waals surface area contributed by atoms with E-state index in [0.717, 1.165) is 36.5 Å². The van der Waals surface area contributed by atoms with Crippen molar-refractivity contribution < 1.29 is 23.8 Å². The summed E-state index contributed by atoms with van der Waals surface area (Å²) in [6.45, 7) is 11.2. The number of likely N-dealkylation sites (N-methyl/N-ethyl adjacent to an activating group) is 1. The van der Waals surface area contributed by atoms with Crippen molar-refractivity contribution in [3.05, 3.63) is 93.8 Å². The van der Waals surface area contributed by atoms with Gasteiger partial charge in [0, 0.05) is 32.1 Å². The smallest absolute Gasteiger partial charge is 0.412 e. The number of carboxylic acid groups (broad SMARTS) is 1. The Labute approximate surface area is 281 Å². The van der Waals surface area contributed by atoms with Crippen LogP contribution in [-0.4, -0.2) is 76.8 Å². The van der Waals surface area contributed by atoms with E-state index in [-0.39, 0.29) is 17.3 Å². The number of aromatic nitrogens is 1. The van der Waals surface area contributed by atoms with Gasteiger partial charge in [0.05, 0.1) is 16.6 Å². The van der Waals surface area contributed by atoms with Crippen LogP contribution in [0.3, 0.4) is 0 Å². The van der Waals surface area contributed by atoms with Crippen LogP contribution in [0.15, 0.2) is 75.9 Å². The molecule has 0 bridgehead atoms. The predicted molar refractivity (Wildman–Crippen MR) is 187 cm³/mol. The van der Waals surface area contributed by atoms with Crippen LogP contribution in [0.2, 0.25) is 0 Å². The van der Waals surface area contributed by atoms with Crippen molar-refractivity contribution in [2.45, 2.75) is 65.1 Å². The minimum absolute atomic E-state index is 0.0983. The van der Waals surface area contributed by atoms with E-state index in [9.17, 15) is 19.5 Å². The molecule has 5 rings (SSSR count). The normalized spacial score (nSPS) is 14.1. The number of fused-ring (bicyclic) bond motifs is 1. The monoisotopic (exact) mass is 655 g/mol. The molecular weight excluding hydrogens is 610 g/mol. The van der Waals surface area contributed by atoms with Crippen molar-refractivity contribution >= 4 is 34.6 Å². The van der Waals surface area contributed by atoms with Crippen LogP contribution in [0.1, 0.15) is 50.3 Å². The maximum absolute atomic E-state index is 13.9. The Morgan fingerprint density at radius 2 is 1.71 bits per heavy atom. The zero-order valence-corrected chi connectivity index (χ0v) is 28.4. The molecule has 2 amide bonds. The van der Waals surface area contributed by atoms with E-state index < -0.39 is 23.3 Å². The van der Waals surface area contributed by atoms with Gasteiger partial charge in [0.15, 0.2) is 0 Å². The summed E-state index contributed by atoms with van der Waals surface area (Å²) in [5.74, 6) is 0.558. The van der Waals surface area contributed by atoms with E-state index in [0.29, 0.717) is 36.3 Å². The highest BCUT2D eigenvalue weighted by atomic mass is 16.5. The van der Waals surface area contributed by atoms with Gasteiger partial charge in [0.1, 0.15) is 18.4 Å². The third-order valence-corrected chi connectivity index (χ3v) is 8.61. The molecule has 254 valence electrons.